The molecule has 0 radical (unpaired) electrons. The van der Waals surface area contributed by atoms with Crippen molar-refractivity contribution >= 4 is 0 Å². The lowest BCUT2D eigenvalue weighted by Gasteiger charge is -2.46. The second kappa shape index (κ2) is 6.89. The Morgan fingerprint density at radius 1 is 1.38 bits per heavy atom. The second-order valence-corrected chi connectivity index (χ2v) is 7.07. The van der Waals surface area contributed by atoms with Gasteiger partial charge in [-0.2, -0.15) is 0 Å². The van der Waals surface area contributed by atoms with Gasteiger partial charge in [-0.15, -0.1) is 0 Å². The van der Waals surface area contributed by atoms with Crippen molar-refractivity contribution in [1.82, 2.24) is 10.2 Å². The summed E-state index contributed by atoms with van der Waals surface area (Å²) in [5.41, 5.74) is 0.949. The van der Waals surface area contributed by atoms with Crippen LogP contribution in [0.5, 0.6) is 0 Å². The van der Waals surface area contributed by atoms with E-state index in [4.69, 9.17) is 0 Å². The van der Waals surface area contributed by atoms with Crippen molar-refractivity contribution in [2.75, 3.05) is 13.1 Å². The number of benzene rings is 1. The predicted octanol–water partition coefficient (Wildman–Crippen LogP) is 3.81. The van der Waals surface area contributed by atoms with Crippen LogP contribution in [0.2, 0.25) is 0 Å². The van der Waals surface area contributed by atoms with Gasteiger partial charge in [0.2, 0.25) is 0 Å². The van der Waals surface area contributed by atoms with Crippen LogP contribution in [0, 0.1) is 11.7 Å². The smallest absolute Gasteiger partial charge is 0.127 e. The normalized spacial score (nSPS) is 27.2. The standard InChI is InChI=1S/C18H29FN2/c1-5-18(4)13-21(16(11-20-18)10-14(2)3)12-15-8-6-7-9-17(15)19/h6-9,14,16,20H,5,10-13H2,1-4H3. The first kappa shape index (κ1) is 16.4. The zero-order valence-electron chi connectivity index (χ0n) is 13.8. The molecule has 3 heteroatoms. The van der Waals surface area contributed by atoms with Crippen molar-refractivity contribution in [3.05, 3.63) is 35.6 Å². The third kappa shape index (κ3) is 4.27. The lowest BCUT2D eigenvalue weighted by molar-refractivity contribution is 0.0655. The number of hydrogen-bond acceptors (Lipinski definition) is 2. The fourth-order valence-corrected chi connectivity index (χ4v) is 3.17. The molecule has 1 aliphatic heterocycles. The summed E-state index contributed by atoms with van der Waals surface area (Å²) in [5, 5.41) is 3.70. The molecule has 0 aromatic heterocycles. The van der Waals surface area contributed by atoms with E-state index in [-0.39, 0.29) is 11.4 Å². The molecule has 1 aromatic carbocycles. The topological polar surface area (TPSA) is 15.3 Å². The highest BCUT2D eigenvalue weighted by atomic mass is 19.1. The van der Waals surface area contributed by atoms with Crippen molar-refractivity contribution in [3.8, 4) is 0 Å². The molecular formula is C18H29FN2. The van der Waals surface area contributed by atoms with Gasteiger partial charge in [0.15, 0.2) is 0 Å². The molecular weight excluding hydrogens is 263 g/mol. The summed E-state index contributed by atoms with van der Waals surface area (Å²) in [5.74, 6) is 0.573. The highest BCUT2D eigenvalue weighted by Crippen LogP contribution is 2.25. The zero-order valence-corrected chi connectivity index (χ0v) is 13.8. The van der Waals surface area contributed by atoms with Gasteiger partial charge >= 0.3 is 0 Å². The maximum Gasteiger partial charge on any atom is 0.127 e. The maximum absolute atomic E-state index is 14.0. The van der Waals surface area contributed by atoms with Crippen LogP contribution in [0.4, 0.5) is 4.39 Å². The molecule has 0 bridgehead atoms. The monoisotopic (exact) mass is 292 g/mol. The Kier molecular flexibility index (Phi) is 5.39. The Labute approximate surface area is 128 Å². The molecule has 1 aliphatic rings. The van der Waals surface area contributed by atoms with E-state index in [2.05, 4.69) is 37.9 Å². The molecule has 0 saturated carbocycles. The van der Waals surface area contributed by atoms with Crippen LogP contribution in [0.3, 0.4) is 0 Å². The van der Waals surface area contributed by atoms with Crippen LogP contribution >= 0.6 is 0 Å². The van der Waals surface area contributed by atoms with Crippen LogP contribution in [0.25, 0.3) is 0 Å². The average molecular weight is 292 g/mol. The van der Waals surface area contributed by atoms with E-state index in [1.54, 1.807) is 12.1 Å². The number of nitrogens with zero attached hydrogens (tertiary/aromatic N) is 1. The Hall–Kier alpha value is -0.930. The molecule has 118 valence electrons. The molecule has 2 atom stereocenters. The summed E-state index contributed by atoms with van der Waals surface area (Å²) in [6.07, 6.45) is 2.25. The molecule has 2 nitrogen and oxygen atoms in total. The summed E-state index contributed by atoms with van der Waals surface area (Å²) in [6.45, 7) is 11.7. The van der Waals surface area contributed by atoms with Gasteiger partial charge < -0.3 is 5.32 Å². The van der Waals surface area contributed by atoms with E-state index >= 15 is 0 Å². The maximum atomic E-state index is 14.0. The number of halogens is 1. The molecule has 0 spiro atoms. The van der Waals surface area contributed by atoms with E-state index in [9.17, 15) is 4.39 Å². The van der Waals surface area contributed by atoms with Crippen molar-refractivity contribution in [2.45, 2.75) is 58.7 Å². The van der Waals surface area contributed by atoms with Crippen molar-refractivity contribution < 1.29 is 4.39 Å². The minimum atomic E-state index is -0.0856. The van der Waals surface area contributed by atoms with Crippen molar-refractivity contribution in [3.63, 3.8) is 0 Å². The zero-order chi connectivity index (χ0) is 15.5. The second-order valence-electron chi connectivity index (χ2n) is 7.07. The minimum Gasteiger partial charge on any atom is -0.309 e. The molecule has 2 unspecified atom stereocenters. The van der Waals surface area contributed by atoms with Gasteiger partial charge in [-0.25, -0.2) is 4.39 Å². The SMILES string of the molecule is CCC1(C)CN(Cc2ccccc2F)C(CC(C)C)CN1. The fourth-order valence-electron chi connectivity index (χ4n) is 3.17. The Balaban J connectivity index is 2.15. The molecule has 1 fully saturated rings. The molecule has 1 N–H and O–H groups in total. The van der Waals surface area contributed by atoms with Crippen LogP contribution in [0.15, 0.2) is 24.3 Å². The third-order valence-electron chi connectivity index (χ3n) is 4.69. The Morgan fingerprint density at radius 2 is 2.10 bits per heavy atom. The summed E-state index contributed by atoms with van der Waals surface area (Å²) in [4.78, 5) is 2.47. The molecule has 21 heavy (non-hydrogen) atoms. The van der Waals surface area contributed by atoms with E-state index in [0.717, 1.165) is 31.5 Å². The first-order valence-electron chi connectivity index (χ1n) is 8.16. The van der Waals surface area contributed by atoms with Gasteiger partial charge in [0, 0.05) is 36.8 Å². The van der Waals surface area contributed by atoms with E-state index < -0.39 is 0 Å². The summed E-state index contributed by atoms with van der Waals surface area (Å²) in [6, 6.07) is 7.65. The number of hydrogen-bond donors (Lipinski definition) is 1. The minimum absolute atomic E-state index is 0.0856. The van der Waals surface area contributed by atoms with Gasteiger partial charge in [0.1, 0.15) is 5.82 Å². The van der Waals surface area contributed by atoms with Crippen LogP contribution in [0.1, 0.15) is 46.1 Å². The lowest BCUT2D eigenvalue weighted by atomic mass is 9.90. The molecule has 0 aliphatic carbocycles. The number of rotatable bonds is 5. The fraction of sp³-hybridized carbons (Fsp3) is 0.667. The highest BCUT2D eigenvalue weighted by molar-refractivity contribution is 5.17. The van der Waals surface area contributed by atoms with Crippen LogP contribution < -0.4 is 5.32 Å². The van der Waals surface area contributed by atoms with Gasteiger partial charge in [-0.1, -0.05) is 39.0 Å². The lowest BCUT2D eigenvalue weighted by Crippen LogP contribution is -2.62. The quantitative estimate of drug-likeness (QED) is 0.887. The molecule has 1 heterocycles. The van der Waals surface area contributed by atoms with Crippen LogP contribution in [-0.2, 0) is 6.54 Å². The highest BCUT2D eigenvalue weighted by Gasteiger charge is 2.34. The predicted molar refractivity (Wildman–Crippen MR) is 86.8 cm³/mol. The molecule has 2 rings (SSSR count). The third-order valence-corrected chi connectivity index (χ3v) is 4.69. The van der Waals surface area contributed by atoms with E-state index in [1.807, 2.05) is 12.1 Å². The summed E-state index contributed by atoms with van der Waals surface area (Å²) >= 11 is 0. The number of nitrogens with one attached hydrogen (secondary N) is 1. The van der Waals surface area contributed by atoms with Gasteiger partial charge in [-0.05, 0) is 31.7 Å². The van der Waals surface area contributed by atoms with Crippen molar-refractivity contribution in [1.29, 1.82) is 0 Å². The first-order chi connectivity index (χ1) is 9.93. The van der Waals surface area contributed by atoms with Gasteiger partial charge in [0.05, 0.1) is 0 Å². The van der Waals surface area contributed by atoms with E-state index in [0.29, 0.717) is 18.5 Å². The summed E-state index contributed by atoms with van der Waals surface area (Å²) in [7, 11) is 0. The largest absolute Gasteiger partial charge is 0.309 e. The molecule has 1 aromatic rings. The van der Waals surface area contributed by atoms with Gasteiger partial charge in [0.25, 0.3) is 0 Å². The van der Waals surface area contributed by atoms with E-state index in [1.165, 1.54) is 0 Å². The molecule has 1 saturated heterocycles. The van der Waals surface area contributed by atoms with Crippen molar-refractivity contribution in [2.24, 2.45) is 5.92 Å². The van der Waals surface area contributed by atoms with Gasteiger partial charge in [-0.3, -0.25) is 4.90 Å². The molecule has 0 amide bonds. The summed E-state index contributed by atoms with van der Waals surface area (Å²) < 4.78 is 14.0. The first-order valence-corrected chi connectivity index (χ1v) is 8.16. The Morgan fingerprint density at radius 3 is 2.71 bits per heavy atom. The average Bonchev–Trinajstić information content (AvgIpc) is 2.44. The number of piperazine rings is 1. The Bertz CT molecular complexity index is 460. The van der Waals surface area contributed by atoms with Crippen LogP contribution in [-0.4, -0.2) is 29.6 Å².